The fourth-order valence-electron chi connectivity index (χ4n) is 2.61. The van der Waals surface area contributed by atoms with Gasteiger partial charge in [-0.05, 0) is 18.8 Å². The Morgan fingerprint density at radius 2 is 2.26 bits per heavy atom. The van der Waals surface area contributed by atoms with E-state index in [4.69, 9.17) is 4.74 Å². The number of hydrogen-bond donors (Lipinski definition) is 1. The number of nitrogens with zero attached hydrogens (tertiary/aromatic N) is 2. The van der Waals surface area contributed by atoms with Gasteiger partial charge in [0.05, 0.1) is 11.8 Å². The SMILES string of the molecule is CCc1ncnc(NC[C@H]2CCO[C@@H]2C(C)C)c1F. The van der Waals surface area contributed by atoms with Gasteiger partial charge >= 0.3 is 0 Å². The zero-order valence-electron chi connectivity index (χ0n) is 11.8. The van der Waals surface area contributed by atoms with Crippen molar-refractivity contribution in [1.29, 1.82) is 0 Å². The molecular formula is C14H22FN3O. The van der Waals surface area contributed by atoms with E-state index in [2.05, 4.69) is 29.1 Å². The minimum Gasteiger partial charge on any atom is -0.378 e. The lowest BCUT2D eigenvalue weighted by atomic mass is 9.93. The highest BCUT2D eigenvalue weighted by Crippen LogP contribution is 2.27. The Morgan fingerprint density at radius 1 is 1.47 bits per heavy atom. The summed E-state index contributed by atoms with van der Waals surface area (Å²) in [4.78, 5) is 7.91. The second-order valence-corrected chi connectivity index (χ2v) is 5.35. The summed E-state index contributed by atoms with van der Waals surface area (Å²) < 4.78 is 19.7. The molecule has 1 N–H and O–H groups in total. The summed E-state index contributed by atoms with van der Waals surface area (Å²) in [5, 5.41) is 3.11. The number of nitrogens with one attached hydrogen (secondary N) is 1. The highest BCUT2D eigenvalue weighted by Gasteiger charge is 2.30. The molecule has 1 aromatic rings. The standard InChI is InChI=1S/C14H22FN3O/c1-4-11-12(15)14(18-8-17-11)16-7-10-5-6-19-13(10)9(2)3/h8-10,13H,4-7H2,1-3H3,(H,16,17,18)/t10-,13-/m1/s1. The summed E-state index contributed by atoms with van der Waals surface area (Å²) in [5.74, 6) is 0.876. The van der Waals surface area contributed by atoms with Crippen LogP contribution in [0.4, 0.5) is 10.2 Å². The van der Waals surface area contributed by atoms with Gasteiger partial charge in [-0.15, -0.1) is 0 Å². The number of rotatable bonds is 5. The molecule has 0 radical (unpaired) electrons. The van der Waals surface area contributed by atoms with Crippen molar-refractivity contribution in [1.82, 2.24) is 9.97 Å². The van der Waals surface area contributed by atoms with Crippen LogP contribution in [0.1, 0.15) is 32.9 Å². The van der Waals surface area contributed by atoms with E-state index in [9.17, 15) is 4.39 Å². The van der Waals surface area contributed by atoms with Gasteiger partial charge in [-0.3, -0.25) is 0 Å². The summed E-state index contributed by atoms with van der Waals surface area (Å²) in [7, 11) is 0. The lowest BCUT2D eigenvalue weighted by Crippen LogP contribution is -2.28. The van der Waals surface area contributed by atoms with Crippen LogP contribution in [0.25, 0.3) is 0 Å². The van der Waals surface area contributed by atoms with Gasteiger partial charge in [0.1, 0.15) is 6.33 Å². The first kappa shape index (κ1) is 14.2. The van der Waals surface area contributed by atoms with E-state index in [1.165, 1.54) is 6.33 Å². The molecule has 1 saturated heterocycles. The van der Waals surface area contributed by atoms with Gasteiger partial charge in [0.25, 0.3) is 0 Å². The van der Waals surface area contributed by atoms with Crippen LogP contribution in [0.15, 0.2) is 6.33 Å². The van der Waals surface area contributed by atoms with Crippen molar-refractivity contribution < 1.29 is 9.13 Å². The zero-order valence-corrected chi connectivity index (χ0v) is 11.8. The van der Waals surface area contributed by atoms with Gasteiger partial charge < -0.3 is 10.1 Å². The molecule has 2 heterocycles. The fraction of sp³-hybridized carbons (Fsp3) is 0.714. The first-order valence-corrected chi connectivity index (χ1v) is 6.98. The Kier molecular flexibility index (Phi) is 4.69. The first-order chi connectivity index (χ1) is 9.13. The third kappa shape index (κ3) is 3.21. The van der Waals surface area contributed by atoms with E-state index in [-0.39, 0.29) is 11.9 Å². The van der Waals surface area contributed by atoms with E-state index in [0.29, 0.717) is 36.3 Å². The van der Waals surface area contributed by atoms with Crippen molar-refractivity contribution in [2.45, 2.75) is 39.7 Å². The van der Waals surface area contributed by atoms with Gasteiger partial charge in [0, 0.05) is 19.1 Å². The maximum Gasteiger partial charge on any atom is 0.186 e. The topological polar surface area (TPSA) is 47.0 Å². The second kappa shape index (κ2) is 6.28. The molecule has 2 atom stereocenters. The molecule has 0 aromatic carbocycles. The predicted octanol–water partition coefficient (Wildman–Crippen LogP) is 2.65. The Labute approximate surface area is 113 Å². The molecule has 1 fully saturated rings. The molecule has 2 rings (SSSR count). The lowest BCUT2D eigenvalue weighted by molar-refractivity contribution is 0.0566. The number of anilines is 1. The molecule has 5 heteroatoms. The fourth-order valence-corrected chi connectivity index (χ4v) is 2.61. The predicted molar refractivity (Wildman–Crippen MR) is 72.5 cm³/mol. The number of halogens is 1. The number of aryl methyl sites for hydroxylation is 1. The molecule has 0 amide bonds. The van der Waals surface area contributed by atoms with Crippen LogP contribution in [-0.4, -0.2) is 29.2 Å². The minimum atomic E-state index is -0.329. The van der Waals surface area contributed by atoms with Crippen molar-refractivity contribution in [2.24, 2.45) is 11.8 Å². The highest BCUT2D eigenvalue weighted by molar-refractivity contribution is 5.37. The molecule has 1 aromatic heterocycles. The Morgan fingerprint density at radius 3 is 2.95 bits per heavy atom. The van der Waals surface area contributed by atoms with Crippen molar-refractivity contribution in [2.75, 3.05) is 18.5 Å². The Hall–Kier alpha value is -1.23. The molecular weight excluding hydrogens is 245 g/mol. The van der Waals surface area contributed by atoms with Crippen molar-refractivity contribution in [3.8, 4) is 0 Å². The molecule has 106 valence electrons. The minimum absolute atomic E-state index is 0.253. The molecule has 4 nitrogen and oxygen atoms in total. The van der Waals surface area contributed by atoms with Crippen molar-refractivity contribution in [3.05, 3.63) is 17.8 Å². The molecule has 1 aliphatic heterocycles. The van der Waals surface area contributed by atoms with Crippen LogP contribution in [-0.2, 0) is 11.2 Å². The molecule has 0 saturated carbocycles. The van der Waals surface area contributed by atoms with Crippen LogP contribution < -0.4 is 5.32 Å². The lowest BCUT2D eigenvalue weighted by Gasteiger charge is -2.22. The summed E-state index contributed by atoms with van der Waals surface area (Å²) >= 11 is 0. The second-order valence-electron chi connectivity index (χ2n) is 5.35. The third-order valence-electron chi connectivity index (χ3n) is 3.65. The van der Waals surface area contributed by atoms with E-state index >= 15 is 0 Å². The van der Waals surface area contributed by atoms with Crippen LogP contribution in [0.5, 0.6) is 0 Å². The average molecular weight is 267 g/mol. The quantitative estimate of drug-likeness (QED) is 0.891. The monoisotopic (exact) mass is 267 g/mol. The van der Waals surface area contributed by atoms with Crippen LogP contribution in [0, 0.1) is 17.7 Å². The number of hydrogen-bond acceptors (Lipinski definition) is 4. The maximum absolute atomic E-state index is 14.0. The maximum atomic E-state index is 14.0. The first-order valence-electron chi connectivity index (χ1n) is 6.98. The molecule has 0 spiro atoms. The van der Waals surface area contributed by atoms with Crippen molar-refractivity contribution in [3.63, 3.8) is 0 Å². The smallest absolute Gasteiger partial charge is 0.186 e. The van der Waals surface area contributed by atoms with E-state index in [1.807, 2.05) is 6.92 Å². The van der Waals surface area contributed by atoms with Crippen LogP contribution >= 0.6 is 0 Å². The van der Waals surface area contributed by atoms with Crippen molar-refractivity contribution >= 4 is 5.82 Å². The normalized spacial score (nSPS) is 23.0. The highest BCUT2D eigenvalue weighted by atomic mass is 19.1. The summed E-state index contributed by atoms with van der Waals surface area (Å²) in [6, 6.07) is 0. The third-order valence-corrected chi connectivity index (χ3v) is 3.65. The molecule has 0 aliphatic carbocycles. The van der Waals surface area contributed by atoms with Gasteiger partial charge in [0.2, 0.25) is 0 Å². The Bertz CT molecular complexity index is 425. The van der Waals surface area contributed by atoms with E-state index in [0.717, 1.165) is 13.0 Å². The summed E-state index contributed by atoms with van der Waals surface area (Å²) in [6.45, 7) is 7.68. The van der Waals surface area contributed by atoms with E-state index in [1.54, 1.807) is 0 Å². The largest absolute Gasteiger partial charge is 0.378 e. The van der Waals surface area contributed by atoms with Gasteiger partial charge in [-0.25, -0.2) is 14.4 Å². The van der Waals surface area contributed by atoms with Gasteiger partial charge in [0.15, 0.2) is 11.6 Å². The molecule has 0 unspecified atom stereocenters. The molecule has 1 aliphatic rings. The van der Waals surface area contributed by atoms with Crippen LogP contribution in [0.3, 0.4) is 0 Å². The number of aromatic nitrogens is 2. The van der Waals surface area contributed by atoms with E-state index < -0.39 is 0 Å². The average Bonchev–Trinajstić information content (AvgIpc) is 2.86. The molecule has 0 bridgehead atoms. The number of ether oxygens (including phenoxy) is 1. The van der Waals surface area contributed by atoms with Gasteiger partial charge in [-0.2, -0.15) is 0 Å². The summed E-state index contributed by atoms with van der Waals surface area (Å²) in [6.07, 6.45) is 3.26. The Balaban J connectivity index is 1.99. The molecule has 19 heavy (non-hydrogen) atoms. The summed E-state index contributed by atoms with van der Waals surface area (Å²) in [5.41, 5.74) is 0.459. The van der Waals surface area contributed by atoms with Crippen LogP contribution in [0.2, 0.25) is 0 Å². The zero-order chi connectivity index (χ0) is 13.8. The van der Waals surface area contributed by atoms with Gasteiger partial charge in [-0.1, -0.05) is 20.8 Å².